The van der Waals surface area contributed by atoms with Crippen molar-refractivity contribution in [2.45, 2.75) is 19.5 Å². The van der Waals surface area contributed by atoms with Crippen LogP contribution >= 0.6 is 0 Å². The van der Waals surface area contributed by atoms with Gasteiger partial charge in [-0.2, -0.15) is 0 Å². The molecule has 0 bridgehead atoms. The van der Waals surface area contributed by atoms with Gasteiger partial charge in [-0.1, -0.05) is 6.58 Å². The summed E-state index contributed by atoms with van der Waals surface area (Å²) in [6.07, 6.45) is 0. The molecule has 0 spiro atoms. The van der Waals surface area contributed by atoms with Crippen molar-refractivity contribution in [2.75, 3.05) is 12.3 Å². The second-order valence-electron chi connectivity index (χ2n) is 4.33. The number of phenols is 1. The average Bonchev–Trinajstić information content (AvgIpc) is 2.17. The van der Waals surface area contributed by atoms with Crippen molar-refractivity contribution in [2.24, 2.45) is 0 Å². The standard InChI is InChI=1S/C12H17FN2O/c1-8(15-7-12(2,3)13)10-6-9(14)4-5-11(10)16/h4-6,15-16H,1,7,14H2,2-3H3. The molecule has 4 N–H and O–H groups in total. The van der Waals surface area contributed by atoms with Gasteiger partial charge in [0.05, 0.1) is 0 Å². The molecule has 4 heteroatoms. The molecule has 0 unspecified atom stereocenters. The van der Waals surface area contributed by atoms with E-state index in [1.54, 1.807) is 12.1 Å². The topological polar surface area (TPSA) is 58.3 Å². The lowest BCUT2D eigenvalue weighted by atomic mass is 10.1. The minimum Gasteiger partial charge on any atom is -0.507 e. The minimum absolute atomic E-state index is 0.0726. The normalized spacial score (nSPS) is 11.2. The van der Waals surface area contributed by atoms with Crippen molar-refractivity contribution in [3.63, 3.8) is 0 Å². The number of anilines is 1. The van der Waals surface area contributed by atoms with Crippen LogP contribution in [-0.4, -0.2) is 17.3 Å². The Morgan fingerprint density at radius 2 is 2.19 bits per heavy atom. The van der Waals surface area contributed by atoms with E-state index in [4.69, 9.17) is 5.73 Å². The fraction of sp³-hybridized carbons (Fsp3) is 0.333. The summed E-state index contributed by atoms with van der Waals surface area (Å²) in [6.45, 7) is 6.79. The molecule has 1 rings (SSSR count). The average molecular weight is 224 g/mol. The first-order valence-corrected chi connectivity index (χ1v) is 5.00. The number of hydrogen-bond donors (Lipinski definition) is 3. The highest BCUT2D eigenvalue weighted by Crippen LogP contribution is 2.25. The van der Waals surface area contributed by atoms with Gasteiger partial charge in [0.15, 0.2) is 0 Å². The Bertz CT molecular complexity index is 396. The summed E-state index contributed by atoms with van der Waals surface area (Å²) < 4.78 is 13.3. The van der Waals surface area contributed by atoms with Crippen LogP contribution < -0.4 is 11.1 Å². The zero-order chi connectivity index (χ0) is 12.3. The first-order valence-electron chi connectivity index (χ1n) is 5.00. The van der Waals surface area contributed by atoms with Crippen LogP contribution in [0.25, 0.3) is 5.70 Å². The third-order valence-corrected chi connectivity index (χ3v) is 2.07. The number of aromatic hydroxyl groups is 1. The van der Waals surface area contributed by atoms with Crippen LogP contribution in [0, 0.1) is 0 Å². The molecule has 0 aromatic heterocycles. The second kappa shape index (κ2) is 4.43. The van der Waals surface area contributed by atoms with Crippen molar-refractivity contribution >= 4 is 11.4 Å². The number of alkyl halides is 1. The highest BCUT2D eigenvalue weighted by atomic mass is 19.1. The van der Waals surface area contributed by atoms with Crippen molar-refractivity contribution in [1.29, 1.82) is 0 Å². The van der Waals surface area contributed by atoms with Crippen LogP contribution in [0.1, 0.15) is 19.4 Å². The lowest BCUT2D eigenvalue weighted by molar-refractivity contribution is 0.219. The number of phenolic OH excluding ortho intramolecular Hbond substituents is 1. The van der Waals surface area contributed by atoms with Crippen LogP contribution in [0.5, 0.6) is 5.75 Å². The zero-order valence-corrected chi connectivity index (χ0v) is 9.55. The monoisotopic (exact) mass is 224 g/mol. The van der Waals surface area contributed by atoms with Gasteiger partial charge in [0.2, 0.25) is 0 Å². The maximum Gasteiger partial charge on any atom is 0.125 e. The number of rotatable bonds is 4. The second-order valence-corrected chi connectivity index (χ2v) is 4.33. The number of benzene rings is 1. The number of nitrogen functional groups attached to an aromatic ring is 1. The third-order valence-electron chi connectivity index (χ3n) is 2.07. The fourth-order valence-corrected chi connectivity index (χ4v) is 1.21. The molecule has 16 heavy (non-hydrogen) atoms. The highest BCUT2D eigenvalue weighted by Gasteiger charge is 2.16. The van der Waals surface area contributed by atoms with E-state index in [2.05, 4.69) is 11.9 Å². The zero-order valence-electron chi connectivity index (χ0n) is 9.55. The quantitative estimate of drug-likeness (QED) is 0.543. The van der Waals surface area contributed by atoms with E-state index in [1.807, 2.05) is 0 Å². The van der Waals surface area contributed by atoms with Crippen molar-refractivity contribution in [1.82, 2.24) is 5.32 Å². The van der Waals surface area contributed by atoms with Crippen LogP contribution in [-0.2, 0) is 0 Å². The largest absolute Gasteiger partial charge is 0.507 e. The van der Waals surface area contributed by atoms with Gasteiger partial charge in [-0.3, -0.25) is 0 Å². The Morgan fingerprint density at radius 3 is 2.75 bits per heavy atom. The van der Waals surface area contributed by atoms with Gasteiger partial charge < -0.3 is 16.2 Å². The number of nitrogens with two attached hydrogens (primary N) is 1. The van der Waals surface area contributed by atoms with Gasteiger partial charge >= 0.3 is 0 Å². The van der Waals surface area contributed by atoms with Gasteiger partial charge in [-0.05, 0) is 32.0 Å². The summed E-state index contributed by atoms with van der Waals surface area (Å²) in [5, 5.41) is 12.4. The summed E-state index contributed by atoms with van der Waals surface area (Å²) in [5.74, 6) is 0.0726. The van der Waals surface area contributed by atoms with E-state index in [-0.39, 0.29) is 12.3 Å². The Kier molecular flexibility index (Phi) is 3.42. The molecule has 0 amide bonds. The van der Waals surface area contributed by atoms with Gasteiger partial charge in [0.25, 0.3) is 0 Å². The van der Waals surface area contributed by atoms with E-state index in [9.17, 15) is 9.50 Å². The van der Waals surface area contributed by atoms with Crippen LogP contribution in [0.3, 0.4) is 0 Å². The molecule has 0 aliphatic heterocycles. The summed E-state index contributed by atoms with van der Waals surface area (Å²) in [7, 11) is 0. The van der Waals surface area contributed by atoms with E-state index >= 15 is 0 Å². The van der Waals surface area contributed by atoms with E-state index in [0.717, 1.165) is 0 Å². The third kappa shape index (κ3) is 3.46. The molecule has 0 aliphatic rings. The SMILES string of the molecule is C=C(NCC(C)(C)F)c1cc(N)ccc1O. The molecule has 88 valence electrons. The van der Waals surface area contributed by atoms with Crippen LogP contribution in [0.2, 0.25) is 0 Å². The first-order chi connectivity index (χ1) is 7.29. The fourth-order valence-electron chi connectivity index (χ4n) is 1.21. The van der Waals surface area contributed by atoms with Gasteiger partial charge in [-0.15, -0.1) is 0 Å². The minimum atomic E-state index is -1.33. The molecule has 0 aliphatic carbocycles. The van der Waals surface area contributed by atoms with Crippen molar-refractivity contribution in [3.8, 4) is 5.75 Å². The molecular formula is C12H17FN2O. The Labute approximate surface area is 94.8 Å². The van der Waals surface area contributed by atoms with Crippen molar-refractivity contribution in [3.05, 3.63) is 30.3 Å². The Hall–Kier alpha value is -1.71. The van der Waals surface area contributed by atoms with Crippen molar-refractivity contribution < 1.29 is 9.50 Å². The van der Waals surface area contributed by atoms with E-state index in [1.165, 1.54) is 19.9 Å². The first kappa shape index (κ1) is 12.4. The number of hydrogen-bond acceptors (Lipinski definition) is 3. The summed E-state index contributed by atoms with van der Waals surface area (Å²) in [4.78, 5) is 0. The Morgan fingerprint density at radius 1 is 1.56 bits per heavy atom. The summed E-state index contributed by atoms with van der Waals surface area (Å²) >= 11 is 0. The lowest BCUT2D eigenvalue weighted by Gasteiger charge is -2.18. The molecule has 0 atom stereocenters. The molecule has 0 radical (unpaired) electrons. The lowest BCUT2D eigenvalue weighted by Crippen LogP contribution is -2.29. The van der Waals surface area contributed by atoms with E-state index in [0.29, 0.717) is 16.9 Å². The summed E-state index contributed by atoms with van der Waals surface area (Å²) in [5.41, 5.74) is 5.73. The smallest absolute Gasteiger partial charge is 0.125 e. The summed E-state index contributed by atoms with van der Waals surface area (Å²) in [6, 6.07) is 4.67. The maximum atomic E-state index is 13.3. The number of halogens is 1. The highest BCUT2D eigenvalue weighted by molar-refractivity contribution is 5.70. The number of nitrogens with one attached hydrogen (secondary N) is 1. The molecule has 0 fully saturated rings. The molecular weight excluding hydrogens is 207 g/mol. The van der Waals surface area contributed by atoms with E-state index < -0.39 is 5.67 Å². The molecule has 1 aromatic rings. The maximum absolute atomic E-state index is 13.3. The molecule has 0 saturated heterocycles. The predicted molar refractivity (Wildman–Crippen MR) is 64.7 cm³/mol. The molecule has 3 nitrogen and oxygen atoms in total. The molecule has 1 aromatic carbocycles. The van der Waals surface area contributed by atoms with Gasteiger partial charge in [0.1, 0.15) is 11.4 Å². The Balaban J connectivity index is 2.77. The molecule has 0 heterocycles. The van der Waals surface area contributed by atoms with Crippen LogP contribution in [0.4, 0.5) is 10.1 Å². The van der Waals surface area contributed by atoms with Gasteiger partial charge in [-0.25, -0.2) is 4.39 Å². The predicted octanol–water partition coefficient (Wildman–Crippen LogP) is 2.28. The van der Waals surface area contributed by atoms with Crippen LogP contribution in [0.15, 0.2) is 24.8 Å². The van der Waals surface area contributed by atoms with Gasteiger partial charge in [0, 0.05) is 23.5 Å². The molecule has 0 saturated carbocycles.